The van der Waals surface area contributed by atoms with E-state index in [0.29, 0.717) is 11.8 Å². The minimum atomic E-state index is -0.499. The summed E-state index contributed by atoms with van der Waals surface area (Å²) < 4.78 is 0. The van der Waals surface area contributed by atoms with Gasteiger partial charge < -0.3 is 10.4 Å². The summed E-state index contributed by atoms with van der Waals surface area (Å²) in [6.07, 6.45) is 2.17. The minimum Gasteiger partial charge on any atom is -0.506 e. The molecule has 156 valence electrons. The molecule has 31 heavy (non-hydrogen) atoms. The summed E-state index contributed by atoms with van der Waals surface area (Å²) in [5.41, 5.74) is 2.72. The van der Waals surface area contributed by atoms with Crippen molar-refractivity contribution in [3.05, 3.63) is 65.3 Å². The number of anilines is 1. The zero-order chi connectivity index (χ0) is 22.0. The second-order valence-electron chi connectivity index (χ2n) is 6.90. The molecule has 4 rings (SSSR count). The third-order valence-electron chi connectivity index (χ3n) is 4.76. The lowest BCUT2D eigenvalue weighted by Gasteiger charge is -2.14. The quantitative estimate of drug-likeness (QED) is 0.179. The summed E-state index contributed by atoms with van der Waals surface area (Å²) in [7, 11) is 0. The molecule has 0 aliphatic rings. The predicted molar refractivity (Wildman–Crippen MR) is 125 cm³/mol. The number of phenols is 1. The molecule has 1 atom stereocenters. The van der Waals surface area contributed by atoms with Gasteiger partial charge in [-0.25, -0.2) is 9.97 Å². The summed E-state index contributed by atoms with van der Waals surface area (Å²) in [6, 6.07) is 14.4. The molecule has 2 N–H and O–H groups in total. The number of thiophene rings is 1. The summed E-state index contributed by atoms with van der Waals surface area (Å²) in [4.78, 5) is 34.7. The molecule has 6 nitrogen and oxygen atoms in total. The number of carbonyl (C=O) groups is 2. The molecule has 2 aromatic carbocycles. The molecule has 8 heteroatoms. The first kappa shape index (κ1) is 21.0. The fourth-order valence-corrected chi connectivity index (χ4v) is 5.24. The van der Waals surface area contributed by atoms with Gasteiger partial charge in [-0.05, 0) is 37.6 Å². The van der Waals surface area contributed by atoms with E-state index < -0.39 is 5.25 Å². The highest BCUT2D eigenvalue weighted by Gasteiger charge is 2.22. The largest absolute Gasteiger partial charge is 0.506 e. The molecule has 4 aromatic rings. The Morgan fingerprint density at radius 1 is 1.19 bits per heavy atom. The normalized spacial score (nSPS) is 11.9. The number of nitrogens with zero attached hydrogens (tertiary/aromatic N) is 2. The molecule has 0 fully saturated rings. The van der Waals surface area contributed by atoms with Crippen LogP contribution in [0.25, 0.3) is 21.3 Å². The van der Waals surface area contributed by atoms with E-state index in [1.54, 1.807) is 18.3 Å². The van der Waals surface area contributed by atoms with Crippen LogP contribution in [-0.4, -0.2) is 32.5 Å². The first-order chi connectivity index (χ1) is 15.0. The van der Waals surface area contributed by atoms with E-state index in [-0.39, 0.29) is 17.3 Å². The number of hydrogen-bond donors (Lipinski definition) is 2. The Hall–Kier alpha value is -3.23. The number of hydrogen-bond acceptors (Lipinski definition) is 7. The number of benzene rings is 2. The van der Waals surface area contributed by atoms with Gasteiger partial charge in [0.05, 0.1) is 16.3 Å². The molecular weight excluding hydrogens is 430 g/mol. The Kier molecular flexibility index (Phi) is 6.01. The second-order valence-corrected chi connectivity index (χ2v) is 9.43. The summed E-state index contributed by atoms with van der Waals surface area (Å²) in [5.74, 6) is -0.399. The van der Waals surface area contributed by atoms with Crippen LogP contribution in [0.1, 0.15) is 22.2 Å². The number of rotatable bonds is 6. The molecule has 0 radical (unpaired) electrons. The number of nitrogens with one attached hydrogen (secondary N) is 1. The van der Waals surface area contributed by atoms with Crippen molar-refractivity contribution in [1.29, 1.82) is 0 Å². The third kappa shape index (κ3) is 4.30. The van der Waals surface area contributed by atoms with Crippen LogP contribution in [0.2, 0.25) is 0 Å². The molecule has 0 spiro atoms. The van der Waals surface area contributed by atoms with E-state index in [9.17, 15) is 14.7 Å². The zero-order valence-electron chi connectivity index (χ0n) is 16.8. The molecule has 1 amide bonds. The SMILES string of the molecule is Cc1sc2ncnc(SC(C)C(=O)Nc3cc(C=O)ccc3O)c2c1-c1ccccc1. The monoisotopic (exact) mass is 449 g/mol. The number of thioether (sulfide) groups is 1. The Morgan fingerprint density at radius 3 is 2.71 bits per heavy atom. The van der Waals surface area contributed by atoms with Gasteiger partial charge in [0.15, 0.2) is 0 Å². The molecule has 0 aliphatic heterocycles. The molecule has 0 saturated carbocycles. The maximum Gasteiger partial charge on any atom is 0.237 e. The Morgan fingerprint density at radius 2 is 1.97 bits per heavy atom. The van der Waals surface area contributed by atoms with Crippen molar-refractivity contribution < 1.29 is 14.7 Å². The van der Waals surface area contributed by atoms with E-state index in [4.69, 9.17) is 0 Å². The number of aromatic hydroxyl groups is 1. The van der Waals surface area contributed by atoms with Gasteiger partial charge in [-0.3, -0.25) is 9.59 Å². The molecule has 0 aliphatic carbocycles. The highest BCUT2D eigenvalue weighted by molar-refractivity contribution is 8.00. The van der Waals surface area contributed by atoms with Gasteiger partial charge in [0.25, 0.3) is 0 Å². The summed E-state index contributed by atoms with van der Waals surface area (Å²) in [5, 5.41) is 13.9. The van der Waals surface area contributed by atoms with Crippen molar-refractivity contribution in [1.82, 2.24) is 9.97 Å². The highest BCUT2D eigenvalue weighted by Crippen LogP contribution is 2.42. The Balaban J connectivity index is 1.64. The van der Waals surface area contributed by atoms with E-state index in [1.807, 2.05) is 18.2 Å². The van der Waals surface area contributed by atoms with Crippen molar-refractivity contribution in [3.63, 3.8) is 0 Å². The second kappa shape index (κ2) is 8.87. The first-order valence-corrected chi connectivity index (χ1v) is 11.2. The Bertz CT molecular complexity index is 1270. The fraction of sp³-hybridized carbons (Fsp3) is 0.130. The van der Waals surface area contributed by atoms with E-state index in [1.165, 1.54) is 36.3 Å². The third-order valence-corrected chi connectivity index (χ3v) is 6.88. The van der Waals surface area contributed by atoms with Crippen molar-refractivity contribution in [2.45, 2.75) is 24.1 Å². The first-order valence-electron chi connectivity index (χ1n) is 9.53. The molecule has 0 saturated heterocycles. The van der Waals surface area contributed by atoms with Crippen LogP contribution in [0, 0.1) is 6.92 Å². The number of carbonyl (C=O) groups excluding carboxylic acids is 2. The van der Waals surface area contributed by atoms with Gasteiger partial charge in [0, 0.05) is 16.0 Å². The predicted octanol–water partition coefficient (Wildman–Crippen LogP) is 5.30. The van der Waals surface area contributed by atoms with Crippen LogP contribution in [0.3, 0.4) is 0 Å². The number of fused-ring (bicyclic) bond motifs is 1. The Labute approximate surface area is 187 Å². The molecule has 2 aromatic heterocycles. The van der Waals surface area contributed by atoms with E-state index in [2.05, 4.69) is 34.3 Å². The van der Waals surface area contributed by atoms with Crippen molar-refractivity contribution >= 4 is 51.2 Å². The average molecular weight is 450 g/mol. The van der Waals surface area contributed by atoms with Gasteiger partial charge in [0.1, 0.15) is 28.2 Å². The van der Waals surface area contributed by atoms with Gasteiger partial charge in [0.2, 0.25) is 5.91 Å². The van der Waals surface area contributed by atoms with Crippen molar-refractivity contribution in [2.75, 3.05) is 5.32 Å². The van der Waals surface area contributed by atoms with E-state index in [0.717, 1.165) is 31.2 Å². The van der Waals surface area contributed by atoms with Gasteiger partial charge >= 0.3 is 0 Å². The van der Waals surface area contributed by atoms with Crippen LogP contribution in [-0.2, 0) is 4.79 Å². The standard InChI is InChI=1S/C23H19N3O3S2/c1-13-19(16-6-4-3-5-7-16)20-22(30-13)24-12-25-23(20)31-14(2)21(29)26-17-10-15(11-27)8-9-18(17)28/h3-12,14,28H,1-2H3,(H,26,29). The van der Waals surface area contributed by atoms with Crippen molar-refractivity contribution in [2.24, 2.45) is 0 Å². The number of amides is 1. The van der Waals surface area contributed by atoms with E-state index >= 15 is 0 Å². The molecular formula is C23H19N3O3S2. The fourth-order valence-electron chi connectivity index (χ4n) is 3.24. The maximum absolute atomic E-state index is 12.8. The number of phenolic OH excluding ortho intramolecular Hbond substituents is 1. The van der Waals surface area contributed by atoms with Gasteiger partial charge in [-0.1, -0.05) is 42.1 Å². The van der Waals surface area contributed by atoms with Crippen LogP contribution >= 0.6 is 23.1 Å². The summed E-state index contributed by atoms with van der Waals surface area (Å²) >= 11 is 2.93. The topological polar surface area (TPSA) is 92.2 Å². The highest BCUT2D eigenvalue weighted by atomic mass is 32.2. The van der Waals surface area contributed by atoms with Crippen LogP contribution in [0.15, 0.2) is 59.9 Å². The van der Waals surface area contributed by atoms with Crippen LogP contribution in [0.5, 0.6) is 5.75 Å². The smallest absolute Gasteiger partial charge is 0.237 e. The lowest BCUT2D eigenvalue weighted by molar-refractivity contribution is -0.115. The number of aryl methyl sites for hydroxylation is 1. The lowest BCUT2D eigenvalue weighted by Crippen LogP contribution is -2.22. The maximum atomic E-state index is 12.8. The molecule has 1 unspecified atom stereocenters. The zero-order valence-corrected chi connectivity index (χ0v) is 18.5. The number of aldehydes is 1. The minimum absolute atomic E-state index is 0.0969. The number of aromatic nitrogens is 2. The van der Waals surface area contributed by atoms with Crippen LogP contribution < -0.4 is 5.32 Å². The molecule has 2 heterocycles. The lowest BCUT2D eigenvalue weighted by atomic mass is 10.0. The summed E-state index contributed by atoms with van der Waals surface area (Å²) in [6.45, 7) is 3.83. The molecule has 0 bridgehead atoms. The van der Waals surface area contributed by atoms with Gasteiger partial charge in [-0.2, -0.15) is 0 Å². The average Bonchev–Trinajstić information content (AvgIpc) is 3.12. The van der Waals surface area contributed by atoms with Crippen molar-refractivity contribution in [3.8, 4) is 16.9 Å². The van der Waals surface area contributed by atoms with Gasteiger partial charge in [-0.15, -0.1) is 11.3 Å². The van der Waals surface area contributed by atoms with Crippen LogP contribution in [0.4, 0.5) is 5.69 Å².